The van der Waals surface area contributed by atoms with Gasteiger partial charge in [-0.1, -0.05) is 58.7 Å². The van der Waals surface area contributed by atoms with Crippen LogP contribution in [0.1, 0.15) is 58.9 Å². The monoisotopic (exact) mass is 559 g/mol. The van der Waals surface area contributed by atoms with Crippen LogP contribution in [-0.2, 0) is 30.4 Å². The molecule has 0 spiro atoms. The van der Waals surface area contributed by atoms with Gasteiger partial charge in [0.25, 0.3) is 0 Å². The van der Waals surface area contributed by atoms with Crippen molar-refractivity contribution >= 4 is 40.6 Å². The van der Waals surface area contributed by atoms with Crippen molar-refractivity contribution in [3.05, 3.63) is 36.0 Å². The third-order valence-corrected chi connectivity index (χ3v) is 7.30. The fourth-order valence-electron chi connectivity index (χ4n) is 4.32. The minimum atomic E-state index is -1.43. The lowest BCUT2D eigenvalue weighted by atomic mass is 9.94. The first-order chi connectivity index (χ1) is 18.9. The highest BCUT2D eigenvalue weighted by Gasteiger charge is 2.34. The second-order valence-electron chi connectivity index (χ2n) is 10.2. The van der Waals surface area contributed by atoms with Crippen molar-refractivity contribution < 1.29 is 34.2 Å². The predicted octanol–water partition coefficient (Wildman–Crippen LogP) is 1.53. The molecular weight excluding hydrogens is 518 g/mol. The Kier molecular flexibility index (Phi) is 12.1. The van der Waals surface area contributed by atoms with E-state index in [1.165, 1.54) is 0 Å². The lowest BCUT2D eigenvalue weighted by Crippen LogP contribution is -2.60. The number of amides is 3. The van der Waals surface area contributed by atoms with E-state index >= 15 is 0 Å². The van der Waals surface area contributed by atoms with Crippen LogP contribution in [0, 0.1) is 11.8 Å². The third-order valence-electron chi connectivity index (χ3n) is 7.30. The Morgan fingerprint density at radius 1 is 0.875 bits per heavy atom. The van der Waals surface area contributed by atoms with Crippen molar-refractivity contribution in [3.8, 4) is 0 Å². The first kappa shape index (κ1) is 32.3. The number of aromatic amines is 1. The highest BCUT2D eigenvalue weighted by atomic mass is 16.4. The quantitative estimate of drug-likeness (QED) is 0.160. The van der Waals surface area contributed by atoms with E-state index in [0.717, 1.165) is 16.5 Å². The van der Waals surface area contributed by atoms with Gasteiger partial charge in [-0.25, -0.2) is 4.79 Å². The van der Waals surface area contributed by atoms with Gasteiger partial charge in [-0.05, 0) is 36.3 Å². The topological polar surface area (TPSA) is 204 Å². The van der Waals surface area contributed by atoms with Crippen LogP contribution < -0.4 is 21.7 Å². The smallest absolute Gasteiger partial charge is 0.326 e. The molecule has 0 fully saturated rings. The van der Waals surface area contributed by atoms with Crippen LogP contribution in [0.3, 0.4) is 0 Å². The van der Waals surface area contributed by atoms with Gasteiger partial charge in [0.05, 0.1) is 6.04 Å². The van der Waals surface area contributed by atoms with Gasteiger partial charge in [0.15, 0.2) is 0 Å². The molecule has 1 aromatic heterocycles. The Labute approximate surface area is 233 Å². The van der Waals surface area contributed by atoms with Crippen molar-refractivity contribution in [2.75, 3.05) is 0 Å². The summed E-state index contributed by atoms with van der Waals surface area (Å²) in [5.74, 6) is -5.11. The molecule has 6 unspecified atom stereocenters. The minimum absolute atomic E-state index is 0.246. The number of carboxylic acid groups (broad SMARTS) is 2. The maximum absolute atomic E-state index is 13.4. The lowest BCUT2D eigenvalue weighted by molar-refractivity contribution is -0.143. The molecular formula is C28H41N5O7. The zero-order valence-corrected chi connectivity index (χ0v) is 23.4. The van der Waals surface area contributed by atoms with Crippen LogP contribution in [0.15, 0.2) is 30.5 Å². The minimum Gasteiger partial charge on any atom is -0.481 e. The van der Waals surface area contributed by atoms with Crippen molar-refractivity contribution in [2.24, 2.45) is 17.6 Å². The van der Waals surface area contributed by atoms with Crippen LogP contribution in [0.25, 0.3) is 10.9 Å². The molecule has 8 N–H and O–H groups in total. The van der Waals surface area contributed by atoms with Crippen molar-refractivity contribution in [1.82, 2.24) is 20.9 Å². The highest BCUT2D eigenvalue weighted by Crippen LogP contribution is 2.19. The van der Waals surface area contributed by atoms with Crippen molar-refractivity contribution in [3.63, 3.8) is 0 Å². The molecule has 12 heteroatoms. The number of nitrogens with two attached hydrogens (primary N) is 1. The van der Waals surface area contributed by atoms with E-state index in [-0.39, 0.29) is 24.7 Å². The summed E-state index contributed by atoms with van der Waals surface area (Å²) < 4.78 is 0. The van der Waals surface area contributed by atoms with E-state index in [0.29, 0.717) is 12.8 Å². The summed E-state index contributed by atoms with van der Waals surface area (Å²) in [6.07, 6.45) is 2.33. The highest BCUT2D eigenvalue weighted by molar-refractivity contribution is 5.94. The summed E-state index contributed by atoms with van der Waals surface area (Å²) in [6, 6.07) is 3.18. The van der Waals surface area contributed by atoms with Crippen LogP contribution in [0.4, 0.5) is 0 Å². The number of hydrogen-bond donors (Lipinski definition) is 7. The molecule has 2 rings (SSSR count). The summed E-state index contributed by atoms with van der Waals surface area (Å²) in [4.78, 5) is 65.2. The van der Waals surface area contributed by atoms with Crippen LogP contribution in [0.2, 0.25) is 0 Å². The number of benzene rings is 1. The van der Waals surface area contributed by atoms with E-state index in [2.05, 4.69) is 20.9 Å². The zero-order chi connectivity index (χ0) is 30.0. The summed E-state index contributed by atoms with van der Waals surface area (Å²) in [6.45, 7) is 7.20. The Morgan fingerprint density at radius 2 is 1.43 bits per heavy atom. The maximum Gasteiger partial charge on any atom is 0.326 e. The number of carbonyl (C=O) groups is 5. The number of carbonyl (C=O) groups excluding carboxylic acids is 3. The van der Waals surface area contributed by atoms with E-state index in [4.69, 9.17) is 10.8 Å². The molecule has 0 aliphatic rings. The number of hydrogen-bond acceptors (Lipinski definition) is 6. The van der Waals surface area contributed by atoms with E-state index in [1.807, 2.05) is 38.1 Å². The summed E-state index contributed by atoms with van der Waals surface area (Å²) in [5, 5.41) is 27.0. The van der Waals surface area contributed by atoms with Crippen molar-refractivity contribution in [1.29, 1.82) is 0 Å². The molecule has 0 saturated heterocycles. The van der Waals surface area contributed by atoms with Gasteiger partial charge in [0.1, 0.15) is 18.1 Å². The molecule has 12 nitrogen and oxygen atoms in total. The van der Waals surface area contributed by atoms with Crippen LogP contribution in [0.5, 0.6) is 0 Å². The molecule has 220 valence electrons. The number of fused-ring (bicyclic) bond motifs is 1. The average molecular weight is 560 g/mol. The van der Waals surface area contributed by atoms with Gasteiger partial charge < -0.3 is 36.9 Å². The number of para-hydroxylation sites is 1. The fraction of sp³-hybridized carbons (Fsp3) is 0.536. The molecule has 1 aromatic carbocycles. The number of rotatable bonds is 16. The molecule has 2 aromatic rings. The van der Waals surface area contributed by atoms with Crippen LogP contribution >= 0.6 is 0 Å². The van der Waals surface area contributed by atoms with Gasteiger partial charge in [-0.2, -0.15) is 0 Å². The number of H-pyrrole nitrogens is 1. The molecule has 0 saturated carbocycles. The van der Waals surface area contributed by atoms with E-state index in [9.17, 15) is 29.1 Å². The van der Waals surface area contributed by atoms with Gasteiger partial charge in [-0.15, -0.1) is 0 Å². The molecule has 0 radical (unpaired) electrons. The molecule has 0 aliphatic heterocycles. The number of carboxylic acids is 2. The molecule has 6 atom stereocenters. The third kappa shape index (κ3) is 8.80. The average Bonchev–Trinajstić information content (AvgIpc) is 3.33. The molecule has 3 amide bonds. The summed E-state index contributed by atoms with van der Waals surface area (Å²) in [7, 11) is 0. The van der Waals surface area contributed by atoms with Gasteiger partial charge >= 0.3 is 11.9 Å². The first-order valence-corrected chi connectivity index (χ1v) is 13.6. The molecule has 1 heterocycles. The zero-order valence-electron chi connectivity index (χ0n) is 23.4. The standard InChI is InChI=1S/C28H41N5O7/c1-5-15(3)23(26(37)31-21(28(39)40)11-12-22(34)35)33-27(38)24(16(4)6-2)32-25(36)19(29)13-17-14-30-20-10-8-7-9-18(17)20/h7-10,14-16,19,21,23-24,30H,5-6,11-13,29H2,1-4H3,(H,31,37)(H,32,36)(H,33,38)(H,34,35)(H,39,40). The Morgan fingerprint density at radius 3 is 1.98 bits per heavy atom. The second kappa shape index (κ2) is 15.0. The van der Waals surface area contributed by atoms with Gasteiger partial charge in [0.2, 0.25) is 17.7 Å². The summed E-state index contributed by atoms with van der Waals surface area (Å²) >= 11 is 0. The van der Waals surface area contributed by atoms with Crippen molar-refractivity contribution in [2.45, 2.75) is 84.0 Å². The Bertz CT molecular complexity index is 1200. The number of aliphatic carboxylic acids is 2. The van der Waals surface area contributed by atoms with E-state index < -0.39 is 60.2 Å². The Hall–Kier alpha value is -3.93. The van der Waals surface area contributed by atoms with Crippen LogP contribution in [-0.4, -0.2) is 69.0 Å². The number of aromatic nitrogens is 1. The normalized spacial score (nSPS) is 15.7. The van der Waals surface area contributed by atoms with Gasteiger partial charge in [0, 0.05) is 23.5 Å². The Balaban J connectivity index is 2.15. The maximum atomic E-state index is 13.4. The molecule has 0 aliphatic carbocycles. The first-order valence-electron chi connectivity index (χ1n) is 13.6. The predicted molar refractivity (Wildman–Crippen MR) is 149 cm³/mol. The summed E-state index contributed by atoms with van der Waals surface area (Å²) in [5.41, 5.74) is 8.01. The fourth-order valence-corrected chi connectivity index (χ4v) is 4.32. The van der Waals surface area contributed by atoms with E-state index in [1.54, 1.807) is 20.0 Å². The molecule has 40 heavy (non-hydrogen) atoms. The molecule has 0 bridgehead atoms. The largest absolute Gasteiger partial charge is 0.481 e. The second-order valence-corrected chi connectivity index (χ2v) is 10.2. The SMILES string of the molecule is CCC(C)C(NC(=O)C(N)Cc1c[nH]c2ccccc12)C(=O)NC(C(=O)NC(CCC(=O)O)C(=O)O)C(C)CC. The van der Waals surface area contributed by atoms with Gasteiger partial charge in [-0.3, -0.25) is 19.2 Å². The number of nitrogens with one attached hydrogen (secondary N) is 4. The lowest BCUT2D eigenvalue weighted by Gasteiger charge is -2.30.